The molecule has 172 valence electrons. The number of nitrogens with one attached hydrogen (secondary N) is 2. The number of nitrogens with zero attached hydrogens (tertiary/aromatic N) is 1. The molecule has 9 heteroatoms. The summed E-state index contributed by atoms with van der Waals surface area (Å²) in [5.41, 5.74) is 8.21. The van der Waals surface area contributed by atoms with Crippen LogP contribution in [0.25, 0.3) is 0 Å². The first-order valence-corrected chi connectivity index (χ1v) is 10.8. The minimum absolute atomic E-state index is 0. The molecule has 1 fully saturated rings. The van der Waals surface area contributed by atoms with E-state index in [1.807, 2.05) is 14.0 Å². The molecule has 2 aliphatic carbocycles. The lowest BCUT2D eigenvalue weighted by atomic mass is 10.0. The van der Waals surface area contributed by atoms with E-state index in [-0.39, 0.29) is 8.95 Å². The molecule has 0 aromatic carbocycles. The van der Waals surface area contributed by atoms with Crippen LogP contribution in [0.1, 0.15) is 35.5 Å². The van der Waals surface area contributed by atoms with Crippen LogP contribution >= 0.6 is 0 Å². The average Bonchev–Trinajstić information content (AvgIpc) is 3.38. The van der Waals surface area contributed by atoms with Crippen LogP contribution < -0.4 is 22.2 Å². The predicted octanol–water partition coefficient (Wildman–Crippen LogP) is 1.26. The van der Waals surface area contributed by atoms with Gasteiger partial charge in [0.05, 0.1) is 33.0 Å². The van der Waals surface area contributed by atoms with Gasteiger partial charge in [-0.3, -0.25) is 0 Å². The van der Waals surface area contributed by atoms with E-state index in [1.54, 1.807) is 5.01 Å². The number of hydrogen-bond acceptors (Lipinski definition) is 8. The minimum Gasteiger partial charge on any atom is -0.449 e. The molecule has 2 rings (SSSR count). The van der Waals surface area contributed by atoms with Crippen molar-refractivity contribution < 1.29 is 21.9 Å². The van der Waals surface area contributed by atoms with Gasteiger partial charge < -0.3 is 35.6 Å². The van der Waals surface area contributed by atoms with Gasteiger partial charge in [-0.05, 0) is 57.4 Å². The molecule has 6 N–H and O–H groups in total. The van der Waals surface area contributed by atoms with Crippen molar-refractivity contribution in [2.45, 2.75) is 32.6 Å². The predicted molar refractivity (Wildman–Crippen MR) is 116 cm³/mol. The fraction of sp³-hybridized carbons (Fsp3) is 0.850. The zero-order valence-electron chi connectivity index (χ0n) is 18.0. The summed E-state index contributed by atoms with van der Waals surface area (Å²) < 4.78 is 16.2. The Bertz CT molecular complexity index is 542. The molecular weight excluding hydrogens is 374 g/mol. The van der Waals surface area contributed by atoms with Crippen molar-refractivity contribution in [3.8, 4) is 0 Å². The molecule has 0 aromatic heterocycles. The van der Waals surface area contributed by atoms with E-state index in [2.05, 4.69) is 10.6 Å². The van der Waals surface area contributed by atoms with Gasteiger partial charge in [0.25, 0.3) is 0 Å². The SMILES string of the molecule is CCN(N)/C1=C(\N)CCC2C(CC1)C2COC(=O)NCCOCCOCCNC.[HH].[HH]. The number of carbonyl (C=O) groups excluding carboxylic acids is 1. The van der Waals surface area contributed by atoms with E-state index >= 15 is 0 Å². The van der Waals surface area contributed by atoms with Crippen LogP contribution in [0.15, 0.2) is 11.4 Å². The summed E-state index contributed by atoms with van der Waals surface area (Å²) in [6.45, 7) is 6.69. The third kappa shape index (κ3) is 8.00. The van der Waals surface area contributed by atoms with Crippen LogP contribution in [0.5, 0.6) is 0 Å². The van der Waals surface area contributed by atoms with Gasteiger partial charge in [-0.2, -0.15) is 0 Å². The van der Waals surface area contributed by atoms with Gasteiger partial charge in [-0.1, -0.05) is 0 Å². The smallest absolute Gasteiger partial charge is 0.407 e. The Kier molecular flexibility index (Phi) is 10.5. The summed E-state index contributed by atoms with van der Waals surface area (Å²) in [7, 11) is 1.88. The Hall–Kier alpha value is -1.55. The van der Waals surface area contributed by atoms with Crippen molar-refractivity contribution in [3.05, 3.63) is 11.4 Å². The quantitative estimate of drug-likeness (QED) is 0.201. The van der Waals surface area contributed by atoms with Crippen LogP contribution in [0.3, 0.4) is 0 Å². The molecule has 0 saturated heterocycles. The van der Waals surface area contributed by atoms with Gasteiger partial charge >= 0.3 is 6.09 Å². The molecule has 3 unspecified atom stereocenters. The van der Waals surface area contributed by atoms with Gasteiger partial charge in [-0.25, -0.2) is 10.6 Å². The number of amides is 1. The highest BCUT2D eigenvalue weighted by atomic mass is 16.6. The maximum absolute atomic E-state index is 11.9. The van der Waals surface area contributed by atoms with Gasteiger partial charge in [0.1, 0.15) is 0 Å². The Labute approximate surface area is 177 Å². The fourth-order valence-electron chi connectivity index (χ4n) is 4.02. The zero-order valence-corrected chi connectivity index (χ0v) is 18.0. The Balaban J connectivity index is 0.00000450. The number of ether oxygens (including phenoxy) is 3. The second-order valence-electron chi connectivity index (χ2n) is 7.68. The number of hydrazine groups is 1. The van der Waals surface area contributed by atoms with E-state index in [0.29, 0.717) is 57.3 Å². The third-order valence-corrected chi connectivity index (χ3v) is 5.82. The van der Waals surface area contributed by atoms with Crippen LogP contribution in [0.2, 0.25) is 0 Å². The third-order valence-electron chi connectivity index (χ3n) is 5.82. The number of allylic oxidation sites excluding steroid dienone is 2. The molecular formula is C20H43N5O4. The Morgan fingerprint density at radius 3 is 2.45 bits per heavy atom. The van der Waals surface area contributed by atoms with E-state index in [4.69, 9.17) is 25.8 Å². The fourth-order valence-corrected chi connectivity index (χ4v) is 4.02. The lowest BCUT2D eigenvalue weighted by molar-refractivity contribution is 0.0496. The standard InChI is InChI=1S/C20H39N5O4.2H2/c1-3-25(22)19-7-5-16-15(4-6-18(19)21)17(16)14-29-20(26)24-9-11-28-13-12-27-10-8-23-2;;/h15-17,23H,3-14,21-22H2,1-2H3,(H,24,26);2*1H/b19-18-;;. The van der Waals surface area contributed by atoms with Crippen LogP contribution in [0.4, 0.5) is 4.79 Å². The number of fused-ring (bicyclic) bond motifs is 1. The van der Waals surface area contributed by atoms with Gasteiger partial charge in [-0.15, -0.1) is 0 Å². The number of alkyl carbamates (subject to hydrolysis) is 1. The van der Waals surface area contributed by atoms with Crippen molar-refractivity contribution in [2.75, 3.05) is 59.7 Å². The van der Waals surface area contributed by atoms with Gasteiger partial charge in [0.15, 0.2) is 0 Å². The molecule has 1 amide bonds. The molecule has 2 aliphatic rings. The second-order valence-corrected chi connectivity index (χ2v) is 7.68. The van der Waals surface area contributed by atoms with Crippen LogP contribution in [-0.4, -0.2) is 70.8 Å². The number of likely N-dealkylation sites (N-methyl/N-ethyl adjacent to an activating group) is 1. The van der Waals surface area contributed by atoms with Crippen molar-refractivity contribution in [1.82, 2.24) is 15.6 Å². The van der Waals surface area contributed by atoms with E-state index < -0.39 is 0 Å². The van der Waals surface area contributed by atoms with Crippen molar-refractivity contribution >= 4 is 6.09 Å². The van der Waals surface area contributed by atoms with E-state index in [0.717, 1.165) is 50.2 Å². The number of nitrogens with two attached hydrogens (primary N) is 2. The lowest BCUT2D eigenvalue weighted by Gasteiger charge is -2.24. The van der Waals surface area contributed by atoms with Crippen molar-refractivity contribution in [2.24, 2.45) is 29.3 Å². The molecule has 0 spiro atoms. The highest BCUT2D eigenvalue weighted by molar-refractivity contribution is 5.67. The van der Waals surface area contributed by atoms with Gasteiger partial charge in [0.2, 0.25) is 0 Å². The van der Waals surface area contributed by atoms with E-state index in [1.165, 1.54) is 0 Å². The zero-order chi connectivity index (χ0) is 21.1. The van der Waals surface area contributed by atoms with Crippen LogP contribution in [-0.2, 0) is 14.2 Å². The molecule has 29 heavy (non-hydrogen) atoms. The van der Waals surface area contributed by atoms with E-state index in [9.17, 15) is 4.79 Å². The topological polar surface area (TPSA) is 124 Å². The van der Waals surface area contributed by atoms with Gasteiger partial charge in [0, 0.05) is 33.9 Å². The van der Waals surface area contributed by atoms with Crippen LogP contribution in [0, 0.1) is 17.8 Å². The number of rotatable bonds is 13. The highest BCUT2D eigenvalue weighted by Gasteiger charge is 2.50. The first-order chi connectivity index (χ1) is 14.1. The number of hydrogen-bond donors (Lipinski definition) is 4. The summed E-state index contributed by atoms with van der Waals surface area (Å²) >= 11 is 0. The first-order valence-electron chi connectivity index (χ1n) is 10.8. The monoisotopic (exact) mass is 417 g/mol. The minimum atomic E-state index is -0.379. The molecule has 0 radical (unpaired) electrons. The van der Waals surface area contributed by atoms with Crippen molar-refractivity contribution in [3.63, 3.8) is 0 Å². The maximum Gasteiger partial charge on any atom is 0.407 e. The molecule has 1 saturated carbocycles. The Morgan fingerprint density at radius 1 is 1.14 bits per heavy atom. The largest absolute Gasteiger partial charge is 0.449 e. The lowest BCUT2D eigenvalue weighted by Crippen LogP contribution is -2.32. The molecule has 0 bridgehead atoms. The summed E-state index contributed by atoms with van der Waals surface area (Å²) in [4.78, 5) is 11.9. The summed E-state index contributed by atoms with van der Waals surface area (Å²) in [5.74, 6) is 7.69. The molecule has 0 heterocycles. The molecule has 9 nitrogen and oxygen atoms in total. The highest BCUT2D eigenvalue weighted by Crippen LogP contribution is 2.53. The molecule has 3 atom stereocenters. The molecule has 0 aromatic rings. The summed E-state index contributed by atoms with van der Waals surface area (Å²) in [6.07, 6.45) is 3.47. The normalized spacial score (nSPS) is 26.2. The first kappa shape index (κ1) is 23.7. The second kappa shape index (κ2) is 12.9. The number of carbonyl (C=O) groups is 1. The summed E-state index contributed by atoms with van der Waals surface area (Å²) in [6, 6.07) is 0. The average molecular weight is 418 g/mol. The van der Waals surface area contributed by atoms with Crippen molar-refractivity contribution in [1.29, 1.82) is 0 Å². The molecule has 0 aliphatic heterocycles. The summed E-state index contributed by atoms with van der Waals surface area (Å²) in [5, 5.41) is 7.50. The maximum atomic E-state index is 11.9. The Morgan fingerprint density at radius 2 is 1.79 bits per heavy atom.